The van der Waals surface area contributed by atoms with Crippen LogP contribution in [0.25, 0.3) is 16.9 Å². The van der Waals surface area contributed by atoms with Gasteiger partial charge in [0.2, 0.25) is 0 Å². The molecule has 0 amide bonds. The Hall–Kier alpha value is -2.80. The lowest BCUT2D eigenvalue weighted by Gasteiger charge is -2.12. The van der Waals surface area contributed by atoms with Crippen molar-refractivity contribution in [2.75, 3.05) is 12.4 Å². The number of nitrogens with zero attached hydrogens (tertiary/aromatic N) is 3. The van der Waals surface area contributed by atoms with Crippen molar-refractivity contribution >= 4 is 44.0 Å². The van der Waals surface area contributed by atoms with E-state index in [1.807, 2.05) is 36.4 Å². The summed E-state index contributed by atoms with van der Waals surface area (Å²) in [6, 6.07) is 17.8. The van der Waals surface area contributed by atoms with Gasteiger partial charge in [-0.25, -0.2) is 4.98 Å². The first-order chi connectivity index (χ1) is 14.7. The zero-order valence-corrected chi connectivity index (χ0v) is 17.2. The van der Waals surface area contributed by atoms with E-state index in [0.29, 0.717) is 29.2 Å². The minimum atomic E-state index is 0.509. The Morgan fingerprint density at radius 2 is 1.90 bits per heavy atom. The van der Waals surface area contributed by atoms with Crippen molar-refractivity contribution in [3.8, 4) is 11.3 Å². The largest absolute Gasteiger partial charge is 0.427 e. The molecule has 3 radical (unpaired) electrons. The second-order valence-corrected chi connectivity index (χ2v) is 7.16. The number of nitrogens with one attached hydrogen (secondary N) is 2. The van der Waals surface area contributed by atoms with Gasteiger partial charge in [-0.1, -0.05) is 54.1 Å². The molecule has 0 aliphatic heterocycles. The van der Waals surface area contributed by atoms with Gasteiger partial charge in [-0.3, -0.25) is 0 Å². The van der Waals surface area contributed by atoms with Crippen molar-refractivity contribution in [3.63, 3.8) is 0 Å². The first kappa shape index (κ1) is 20.5. The Kier molecular flexibility index (Phi) is 6.38. The molecule has 4 aromatic rings. The van der Waals surface area contributed by atoms with Gasteiger partial charge in [-0.05, 0) is 22.7 Å². The highest BCUT2D eigenvalue weighted by atomic mass is 35.5. The highest BCUT2D eigenvalue weighted by Crippen LogP contribution is 2.28. The minimum Gasteiger partial charge on any atom is -0.427 e. The van der Waals surface area contributed by atoms with Crippen LogP contribution >= 0.6 is 11.6 Å². The summed E-state index contributed by atoms with van der Waals surface area (Å²) >= 11 is 6.39. The predicted octanol–water partition coefficient (Wildman–Crippen LogP) is 2.73. The van der Waals surface area contributed by atoms with Crippen molar-refractivity contribution in [2.45, 2.75) is 13.1 Å². The number of anilines is 1. The molecule has 0 bridgehead atoms. The smallest absolute Gasteiger partial charge is 0.395 e. The molecule has 0 saturated carbocycles. The van der Waals surface area contributed by atoms with Gasteiger partial charge in [-0.15, -0.1) is 0 Å². The third-order valence-corrected chi connectivity index (χ3v) is 4.95. The topological polar surface area (TPSA) is 63.5 Å². The fourth-order valence-corrected chi connectivity index (χ4v) is 3.43. The number of halogens is 1. The standard InChI is InChI=1S/C21H19B2ClN5O/c1-30-23-26-12-15-6-4-5-14(9-15)11-25-20-10-19(16-7-2-3-8-18(16)24)28-21-17(22)13-27-29(20)21/h2-10,13,25-26H,11-12H2,1H3. The first-order valence-corrected chi connectivity index (χ1v) is 9.82. The summed E-state index contributed by atoms with van der Waals surface area (Å²) in [7, 11) is 9.27. The van der Waals surface area contributed by atoms with E-state index in [1.54, 1.807) is 25.4 Å². The molecule has 6 nitrogen and oxygen atoms in total. The second kappa shape index (κ2) is 9.34. The zero-order chi connectivity index (χ0) is 20.9. The number of hydrogen-bond acceptors (Lipinski definition) is 5. The molecular weight excluding hydrogens is 395 g/mol. The van der Waals surface area contributed by atoms with Gasteiger partial charge < -0.3 is 15.2 Å². The number of aromatic nitrogens is 3. The summed E-state index contributed by atoms with van der Waals surface area (Å²) in [4.78, 5) is 4.66. The van der Waals surface area contributed by atoms with Gasteiger partial charge in [0.05, 0.1) is 5.69 Å². The Labute approximate surface area is 182 Å². The molecule has 30 heavy (non-hydrogen) atoms. The van der Waals surface area contributed by atoms with Crippen molar-refractivity contribution in [3.05, 3.63) is 76.9 Å². The van der Waals surface area contributed by atoms with E-state index in [-0.39, 0.29) is 0 Å². The molecule has 0 aliphatic rings. The lowest BCUT2D eigenvalue weighted by Crippen LogP contribution is -2.20. The Bertz CT molecular complexity index is 1170. The molecule has 147 valence electrons. The second-order valence-electron chi connectivity index (χ2n) is 6.75. The molecule has 2 heterocycles. The maximum Gasteiger partial charge on any atom is 0.395 e. The Morgan fingerprint density at radius 3 is 2.70 bits per heavy atom. The van der Waals surface area contributed by atoms with Crippen molar-refractivity contribution < 1.29 is 4.65 Å². The normalized spacial score (nSPS) is 11.0. The van der Waals surface area contributed by atoms with Crippen LogP contribution < -0.4 is 16.0 Å². The van der Waals surface area contributed by atoms with Crippen LogP contribution in [-0.4, -0.2) is 37.2 Å². The SMILES string of the molecule is [B]c1cnn2c(NCc3cccc(CN[B]OC)c3)cc(-c3ccccc3Cl)nc12. The molecule has 0 atom stereocenters. The average Bonchev–Trinajstić information content (AvgIpc) is 3.14. The van der Waals surface area contributed by atoms with Crippen molar-refractivity contribution in [1.82, 2.24) is 19.8 Å². The van der Waals surface area contributed by atoms with Crippen LogP contribution in [0.3, 0.4) is 0 Å². The summed E-state index contributed by atoms with van der Waals surface area (Å²) in [5, 5.41) is 11.5. The van der Waals surface area contributed by atoms with Crippen molar-refractivity contribution in [1.29, 1.82) is 0 Å². The van der Waals surface area contributed by atoms with Crippen LogP contribution in [0.15, 0.2) is 60.8 Å². The lowest BCUT2D eigenvalue weighted by atomic mass is 10.0. The van der Waals surface area contributed by atoms with E-state index in [2.05, 4.69) is 38.8 Å². The van der Waals surface area contributed by atoms with Crippen LogP contribution in [0.5, 0.6) is 0 Å². The molecule has 0 saturated heterocycles. The van der Waals surface area contributed by atoms with Gasteiger partial charge in [-0.2, -0.15) is 9.61 Å². The van der Waals surface area contributed by atoms with Crippen LogP contribution in [-0.2, 0) is 17.7 Å². The molecule has 0 fully saturated rings. The third kappa shape index (κ3) is 4.51. The molecule has 2 N–H and O–H groups in total. The van der Waals surface area contributed by atoms with Crippen LogP contribution in [0.1, 0.15) is 11.1 Å². The molecule has 0 spiro atoms. The highest BCUT2D eigenvalue weighted by Gasteiger charge is 2.12. The molecule has 4 rings (SSSR count). The molecule has 2 aromatic heterocycles. The maximum atomic E-state index is 6.39. The van der Waals surface area contributed by atoms with Gasteiger partial charge in [0.15, 0.2) is 5.65 Å². The lowest BCUT2D eigenvalue weighted by molar-refractivity contribution is 0.430. The highest BCUT2D eigenvalue weighted by molar-refractivity contribution is 6.36. The van der Waals surface area contributed by atoms with E-state index in [9.17, 15) is 0 Å². The first-order valence-electron chi connectivity index (χ1n) is 9.44. The molecule has 0 unspecified atom stereocenters. The van der Waals surface area contributed by atoms with E-state index in [0.717, 1.165) is 28.2 Å². The fourth-order valence-electron chi connectivity index (χ4n) is 3.20. The fraction of sp³-hybridized carbons (Fsp3) is 0.143. The third-order valence-electron chi connectivity index (χ3n) is 4.62. The molecular formula is C21H19B2ClN5O. The van der Waals surface area contributed by atoms with Gasteiger partial charge >= 0.3 is 7.62 Å². The summed E-state index contributed by atoms with van der Waals surface area (Å²) in [6.45, 7) is 1.30. The van der Waals surface area contributed by atoms with Crippen molar-refractivity contribution in [2.24, 2.45) is 0 Å². The number of hydrogen-bond donors (Lipinski definition) is 2. The molecule has 0 aliphatic carbocycles. The monoisotopic (exact) mass is 414 g/mol. The maximum absolute atomic E-state index is 6.39. The number of fused-ring (bicyclic) bond motifs is 1. The van der Waals surface area contributed by atoms with Crippen LogP contribution in [0.4, 0.5) is 5.82 Å². The summed E-state index contributed by atoms with van der Waals surface area (Å²) in [5.74, 6) is 0.780. The minimum absolute atomic E-state index is 0.509. The Morgan fingerprint density at radius 1 is 1.10 bits per heavy atom. The number of benzene rings is 2. The summed E-state index contributed by atoms with van der Waals surface area (Å²) < 4.78 is 6.62. The zero-order valence-electron chi connectivity index (χ0n) is 16.5. The molecule has 2 aromatic carbocycles. The average molecular weight is 414 g/mol. The van der Waals surface area contributed by atoms with Crippen LogP contribution in [0, 0.1) is 0 Å². The summed E-state index contributed by atoms with van der Waals surface area (Å²) in [5.41, 5.74) is 4.96. The predicted molar refractivity (Wildman–Crippen MR) is 122 cm³/mol. The van der Waals surface area contributed by atoms with Gasteiger partial charge in [0, 0.05) is 43.0 Å². The van der Waals surface area contributed by atoms with Crippen LogP contribution in [0.2, 0.25) is 5.02 Å². The van der Waals surface area contributed by atoms with Gasteiger partial charge in [0.25, 0.3) is 0 Å². The quantitative estimate of drug-likeness (QED) is 0.343. The van der Waals surface area contributed by atoms with E-state index >= 15 is 0 Å². The van der Waals surface area contributed by atoms with Gasteiger partial charge in [0.1, 0.15) is 13.7 Å². The Balaban J connectivity index is 1.61. The molecule has 9 heteroatoms. The number of rotatable bonds is 8. The van der Waals surface area contributed by atoms with E-state index < -0.39 is 0 Å². The summed E-state index contributed by atoms with van der Waals surface area (Å²) in [6.07, 6.45) is 1.60. The van der Waals surface area contributed by atoms with E-state index in [4.69, 9.17) is 24.1 Å². The van der Waals surface area contributed by atoms with E-state index in [1.165, 1.54) is 0 Å².